The number of ether oxygens (including phenoxy) is 2. The number of hydrogen-bond donors (Lipinski definition) is 1. The van der Waals surface area contributed by atoms with Gasteiger partial charge in [-0.05, 0) is 55.5 Å². The van der Waals surface area contributed by atoms with Crippen LogP contribution >= 0.6 is 11.8 Å². The van der Waals surface area contributed by atoms with Crippen LogP contribution in [0.25, 0.3) is 0 Å². The second kappa shape index (κ2) is 10.2. The summed E-state index contributed by atoms with van der Waals surface area (Å²) in [5.41, 5.74) is 0.494. The molecule has 1 N–H and O–H groups in total. The molecule has 0 spiro atoms. The predicted octanol–water partition coefficient (Wildman–Crippen LogP) is 4.58. The average molecular weight is 444 g/mol. The number of benzene rings is 3. The van der Waals surface area contributed by atoms with Crippen LogP contribution in [-0.4, -0.2) is 27.6 Å². The number of carbonyl (C=O) groups is 1. The molecule has 8 heteroatoms. The van der Waals surface area contributed by atoms with Crippen molar-refractivity contribution >= 4 is 33.4 Å². The largest absolute Gasteiger partial charge is 0.482 e. The molecule has 156 valence electrons. The van der Waals surface area contributed by atoms with Gasteiger partial charge in [0.2, 0.25) is 0 Å². The Balaban J connectivity index is 1.72. The molecular formula is C22H21NO5S2. The van der Waals surface area contributed by atoms with Crippen molar-refractivity contribution < 1.29 is 22.7 Å². The smallest absolute Gasteiger partial charge is 0.344 e. The lowest BCUT2D eigenvalue weighted by atomic mass is 10.3. The summed E-state index contributed by atoms with van der Waals surface area (Å²) in [4.78, 5) is 13.2. The summed E-state index contributed by atoms with van der Waals surface area (Å²) >= 11 is 1.48. The molecule has 0 unspecified atom stereocenters. The standard InChI is InChI=1S/C22H21NO5S2/c1-2-27-22(24)16-28-17-12-14-19(15-13-17)30(25,26)23-20-10-6-7-11-21(20)29-18-8-4-3-5-9-18/h3-15,23H,2,16H2,1H3. The summed E-state index contributed by atoms with van der Waals surface area (Å²) in [6, 6.07) is 22.8. The molecule has 0 atom stereocenters. The Hall–Kier alpha value is -2.97. The second-order valence-corrected chi connectivity index (χ2v) is 8.88. The highest BCUT2D eigenvalue weighted by atomic mass is 32.2. The van der Waals surface area contributed by atoms with E-state index in [9.17, 15) is 13.2 Å². The van der Waals surface area contributed by atoms with Crippen LogP contribution in [0.15, 0.2) is 93.5 Å². The van der Waals surface area contributed by atoms with Gasteiger partial charge in [-0.2, -0.15) is 0 Å². The Labute approximate surface area is 180 Å². The third-order valence-electron chi connectivity index (χ3n) is 3.90. The Kier molecular flexibility index (Phi) is 7.37. The van der Waals surface area contributed by atoms with Gasteiger partial charge in [-0.1, -0.05) is 42.1 Å². The molecule has 0 heterocycles. The van der Waals surface area contributed by atoms with Crippen LogP contribution in [0.2, 0.25) is 0 Å². The van der Waals surface area contributed by atoms with Crippen LogP contribution < -0.4 is 9.46 Å². The third kappa shape index (κ3) is 6.01. The first kappa shape index (κ1) is 21.7. The van der Waals surface area contributed by atoms with E-state index in [1.54, 1.807) is 19.1 Å². The van der Waals surface area contributed by atoms with E-state index in [1.807, 2.05) is 42.5 Å². The summed E-state index contributed by atoms with van der Waals surface area (Å²) in [5, 5.41) is 0. The summed E-state index contributed by atoms with van der Waals surface area (Å²) in [7, 11) is -3.80. The molecule has 0 aliphatic carbocycles. The molecule has 3 aromatic carbocycles. The molecule has 0 aliphatic rings. The lowest BCUT2D eigenvalue weighted by molar-refractivity contribution is -0.145. The first-order valence-electron chi connectivity index (χ1n) is 9.21. The van der Waals surface area contributed by atoms with Crippen LogP contribution in [0.3, 0.4) is 0 Å². The lowest BCUT2D eigenvalue weighted by Crippen LogP contribution is -2.15. The van der Waals surface area contributed by atoms with E-state index in [1.165, 1.54) is 36.0 Å². The van der Waals surface area contributed by atoms with Crippen LogP contribution in [0.1, 0.15) is 6.92 Å². The SMILES string of the molecule is CCOC(=O)COc1ccc(S(=O)(=O)Nc2ccccc2Sc2ccccc2)cc1. The first-order chi connectivity index (χ1) is 14.5. The molecule has 30 heavy (non-hydrogen) atoms. The number of esters is 1. The maximum absolute atomic E-state index is 12.8. The highest BCUT2D eigenvalue weighted by Crippen LogP contribution is 2.34. The molecule has 0 bridgehead atoms. The van der Waals surface area contributed by atoms with Crippen molar-refractivity contribution in [1.29, 1.82) is 0 Å². The normalized spacial score (nSPS) is 11.0. The number of anilines is 1. The Bertz CT molecular complexity index is 1080. The van der Waals surface area contributed by atoms with Gasteiger partial charge in [0.05, 0.1) is 17.2 Å². The van der Waals surface area contributed by atoms with E-state index in [4.69, 9.17) is 9.47 Å². The van der Waals surface area contributed by atoms with Gasteiger partial charge in [-0.3, -0.25) is 4.72 Å². The minimum Gasteiger partial charge on any atom is -0.482 e. The van der Waals surface area contributed by atoms with Crippen molar-refractivity contribution in [3.05, 3.63) is 78.9 Å². The molecule has 0 saturated carbocycles. The number of rotatable bonds is 9. The molecule has 6 nitrogen and oxygen atoms in total. The van der Waals surface area contributed by atoms with Gasteiger partial charge in [-0.25, -0.2) is 13.2 Å². The molecule has 0 aliphatic heterocycles. The lowest BCUT2D eigenvalue weighted by Gasteiger charge is -2.13. The number of sulfonamides is 1. The van der Waals surface area contributed by atoms with E-state index in [0.29, 0.717) is 11.4 Å². The number of para-hydroxylation sites is 1. The number of nitrogens with one attached hydrogen (secondary N) is 1. The van der Waals surface area contributed by atoms with Crippen molar-refractivity contribution in [2.75, 3.05) is 17.9 Å². The molecule has 3 aromatic rings. The topological polar surface area (TPSA) is 81.7 Å². The molecule has 0 radical (unpaired) electrons. The van der Waals surface area contributed by atoms with Gasteiger partial charge in [-0.15, -0.1) is 0 Å². The van der Waals surface area contributed by atoms with E-state index < -0.39 is 16.0 Å². The summed E-state index contributed by atoms with van der Waals surface area (Å²) in [5.74, 6) is -0.106. The zero-order chi connectivity index (χ0) is 21.4. The van der Waals surface area contributed by atoms with E-state index >= 15 is 0 Å². The molecule has 3 rings (SSSR count). The van der Waals surface area contributed by atoms with Crippen molar-refractivity contribution in [1.82, 2.24) is 0 Å². The molecule has 0 saturated heterocycles. The van der Waals surface area contributed by atoms with Crippen LogP contribution in [0.4, 0.5) is 5.69 Å². The second-order valence-electron chi connectivity index (χ2n) is 6.08. The van der Waals surface area contributed by atoms with Gasteiger partial charge >= 0.3 is 5.97 Å². The maximum atomic E-state index is 12.8. The fraction of sp³-hybridized carbons (Fsp3) is 0.136. The van der Waals surface area contributed by atoms with Gasteiger partial charge in [0.15, 0.2) is 6.61 Å². The molecule has 0 fully saturated rings. The maximum Gasteiger partial charge on any atom is 0.344 e. The fourth-order valence-corrected chi connectivity index (χ4v) is 4.59. The quantitative estimate of drug-likeness (QED) is 0.488. The van der Waals surface area contributed by atoms with E-state index in [0.717, 1.165) is 9.79 Å². The Morgan fingerprint density at radius 3 is 2.30 bits per heavy atom. The Morgan fingerprint density at radius 2 is 1.60 bits per heavy atom. The molecule has 0 amide bonds. The predicted molar refractivity (Wildman–Crippen MR) is 116 cm³/mol. The number of carbonyl (C=O) groups excluding carboxylic acids is 1. The molecule has 0 aromatic heterocycles. The van der Waals surface area contributed by atoms with Gasteiger partial charge in [0, 0.05) is 9.79 Å². The number of hydrogen-bond acceptors (Lipinski definition) is 6. The van der Waals surface area contributed by atoms with Gasteiger partial charge in [0.1, 0.15) is 5.75 Å². The summed E-state index contributed by atoms with van der Waals surface area (Å²) in [6.45, 7) is 1.75. The molecular weight excluding hydrogens is 422 g/mol. The van der Waals surface area contributed by atoms with Gasteiger partial charge < -0.3 is 9.47 Å². The highest BCUT2D eigenvalue weighted by Gasteiger charge is 2.17. The van der Waals surface area contributed by atoms with Crippen LogP contribution in [0, 0.1) is 0 Å². The van der Waals surface area contributed by atoms with Crippen molar-refractivity contribution in [2.45, 2.75) is 21.6 Å². The zero-order valence-corrected chi connectivity index (χ0v) is 17.9. The average Bonchev–Trinajstić information content (AvgIpc) is 2.75. The first-order valence-corrected chi connectivity index (χ1v) is 11.5. The summed E-state index contributed by atoms with van der Waals surface area (Å²) in [6.07, 6.45) is 0. The summed E-state index contributed by atoms with van der Waals surface area (Å²) < 4.78 is 38.4. The zero-order valence-electron chi connectivity index (χ0n) is 16.3. The van der Waals surface area contributed by atoms with E-state index in [-0.39, 0.29) is 18.1 Å². The third-order valence-corrected chi connectivity index (χ3v) is 6.36. The van der Waals surface area contributed by atoms with E-state index in [2.05, 4.69) is 4.72 Å². The van der Waals surface area contributed by atoms with Gasteiger partial charge in [0.25, 0.3) is 10.0 Å². The van der Waals surface area contributed by atoms with Crippen molar-refractivity contribution in [2.24, 2.45) is 0 Å². The monoisotopic (exact) mass is 443 g/mol. The van der Waals surface area contributed by atoms with Crippen LogP contribution in [-0.2, 0) is 19.6 Å². The fourth-order valence-electron chi connectivity index (χ4n) is 2.52. The van der Waals surface area contributed by atoms with Crippen molar-refractivity contribution in [3.8, 4) is 5.75 Å². The minimum absolute atomic E-state index is 0.0884. The Morgan fingerprint density at radius 1 is 0.933 bits per heavy atom. The van der Waals surface area contributed by atoms with Crippen molar-refractivity contribution in [3.63, 3.8) is 0 Å². The highest BCUT2D eigenvalue weighted by molar-refractivity contribution is 7.99. The van der Waals surface area contributed by atoms with Crippen LogP contribution in [0.5, 0.6) is 5.75 Å². The minimum atomic E-state index is -3.80.